The molecule has 0 saturated carbocycles. The van der Waals surface area contributed by atoms with Crippen LogP contribution in [0.1, 0.15) is 17.2 Å². The Bertz CT molecular complexity index is 563. The fourth-order valence-corrected chi connectivity index (χ4v) is 2.07. The van der Waals surface area contributed by atoms with Gasteiger partial charge in [-0.1, -0.05) is 0 Å². The largest absolute Gasteiger partial charge is 0.271 e. The van der Waals surface area contributed by atoms with Crippen LogP contribution in [0.15, 0.2) is 41.1 Å². The van der Waals surface area contributed by atoms with Gasteiger partial charge in [0.1, 0.15) is 11.6 Å². The van der Waals surface area contributed by atoms with E-state index in [1.165, 1.54) is 0 Å². The number of nitrogens with zero attached hydrogens (tertiary/aromatic N) is 1. The molecule has 1 unspecified atom stereocenters. The Hall–Kier alpha value is -1.37. The highest BCUT2D eigenvalue weighted by molar-refractivity contribution is 9.10. The van der Waals surface area contributed by atoms with E-state index in [0.29, 0.717) is 5.56 Å². The number of pyridine rings is 1. The summed E-state index contributed by atoms with van der Waals surface area (Å²) in [6.45, 7) is 0. The number of nitrogens with two attached hydrogens (primary N) is 1. The zero-order valence-corrected chi connectivity index (χ0v) is 10.8. The molecule has 94 valence electrons. The first kappa shape index (κ1) is 13.1. The predicted octanol–water partition coefficient (Wildman–Crippen LogP) is 2.68. The first-order valence-electron chi connectivity index (χ1n) is 5.13. The molecule has 0 bridgehead atoms. The summed E-state index contributed by atoms with van der Waals surface area (Å²) in [4.78, 5) is 3.97. The van der Waals surface area contributed by atoms with Crippen LogP contribution < -0.4 is 11.3 Å². The highest BCUT2D eigenvalue weighted by Gasteiger charge is 2.18. The summed E-state index contributed by atoms with van der Waals surface area (Å²) in [6.07, 6.45) is 3.14. The summed E-state index contributed by atoms with van der Waals surface area (Å²) >= 11 is 3.27. The molecule has 1 heterocycles. The number of rotatable bonds is 3. The van der Waals surface area contributed by atoms with Crippen molar-refractivity contribution in [2.24, 2.45) is 5.84 Å². The van der Waals surface area contributed by atoms with Crippen LogP contribution in [-0.2, 0) is 0 Å². The van der Waals surface area contributed by atoms with Crippen LogP contribution in [0, 0.1) is 11.6 Å². The fourth-order valence-electron chi connectivity index (χ4n) is 1.69. The Morgan fingerprint density at radius 2 is 2.00 bits per heavy atom. The number of hydrogen-bond donors (Lipinski definition) is 2. The zero-order valence-electron chi connectivity index (χ0n) is 9.20. The first-order chi connectivity index (χ1) is 8.61. The van der Waals surface area contributed by atoms with Crippen LogP contribution in [0.2, 0.25) is 0 Å². The van der Waals surface area contributed by atoms with Crippen LogP contribution in [0.25, 0.3) is 0 Å². The van der Waals surface area contributed by atoms with Crippen molar-refractivity contribution in [2.75, 3.05) is 0 Å². The maximum atomic E-state index is 13.7. The van der Waals surface area contributed by atoms with E-state index >= 15 is 0 Å². The van der Waals surface area contributed by atoms with Gasteiger partial charge >= 0.3 is 0 Å². The van der Waals surface area contributed by atoms with Gasteiger partial charge in [0.05, 0.1) is 6.04 Å². The predicted molar refractivity (Wildman–Crippen MR) is 67.5 cm³/mol. The van der Waals surface area contributed by atoms with Crippen molar-refractivity contribution in [3.8, 4) is 0 Å². The Labute approximate surface area is 111 Å². The topological polar surface area (TPSA) is 50.9 Å². The van der Waals surface area contributed by atoms with E-state index in [-0.39, 0.29) is 5.56 Å². The number of benzene rings is 1. The molecule has 0 aliphatic heterocycles. The lowest BCUT2D eigenvalue weighted by Gasteiger charge is -2.17. The third-order valence-corrected chi connectivity index (χ3v) is 2.93. The summed E-state index contributed by atoms with van der Waals surface area (Å²) < 4.78 is 27.6. The van der Waals surface area contributed by atoms with E-state index in [0.717, 1.165) is 22.7 Å². The molecule has 0 fully saturated rings. The second-order valence-electron chi connectivity index (χ2n) is 3.70. The smallest absolute Gasteiger partial charge is 0.128 e. The van der Waals surface area contributed by atoms with Gasteiger partial charge in [-0.2, -0.15) is 0 Å². The molecule has 3 nitrogen and oxygen atoms in total. The monoisotopic (exact) mass is 313 g/mol. The van der Waals surface area contributed by atoms with Gasteiger partial charge in [-0.3, -0.25) is 10.8 Å². The molecule has 2 rings (SSSR count). The average molecular weight is 314 g/mol. The third-order valence-electron chi connectivity index (χ3n) is 2.50. The Kier molecular flexibility index (Phi) is 4.00. The lowest BCUT2D eigenvalue weighted by atomic mass is 10.0. The minimum absolute atomic E-state index is 0.136. The molecule has 0 aliphatic rings. The maximum Gasteiger partial charge on any atom is 0.128 e. The van der Waals surface area contributed by atoms with E-state index in [4.69, 9.17) is 5.84 Å². The standard InChI is InChI=1S/C12H10BrF2N3/c13-8-3-7(5-17-6-8)12(18-16)10-4-9(14)1-2-11(10)15/h1-6,12,18H,16H2. The van der Waals surface area contributed by atoms with Crippen LogP contribution in [0.4, 0.5) is 8.78 Å². The lowest BCUT2D eigenvalue weighted by molar-refractivity contribution is 0.545. The van der Waals surface area contributed by atoms with Crippen molar-refractivity contribution in [1.82, 2.24) is 10.4 Å². The van der Waals surface area contributed by atoms with Crippen LogP contribution in [0.5, 0.6) is 0 Å². The third kappa shape index (κ3) is 2.72. The maximum absolute atomic E-state index is 13.7. The molecule has 1 aromatic heterocycles. The second-order valence-corrected chi connectivity index (χ2v) is 4.62. The van der Waals surface area contributed by atoms with Crippen LogP contribution in [0.3, 0.4) is 0 Å². The van der Waals surface area contributed by atoms with Crippen molar-refractivity contribution in [2.45, 2.75) is 6.04 Å². The van der Waals surface area contributed by atoms with Gasteiger partial charge in [-0.15, -0.1) is 0 Å². The van der Waals surface area contributed by atoms with Gasteiger partial charge in [0.15, 0.2) is 0 Å². The van der Waals surface area contributed by atoms with Gasteiger partial charge in [-0.05, 0) is 45.8 Å². The molecule has 0 saturated heterocycles. The summed E-state index contributed by atoms with van der Waals surface area (Å²) in [7, 11) is 0. The Morgan fingerprint density at radius 3 is 2.67 bits per heavy atom. The fraction of sp³-hybridized carbons (Fsp3) is 0.0833. The summed E-state index contributed by atoms with van der Waals surface area (Å²) in [5.41, 5.74) is 3.23. The van der Waals surface area contributed by atoms with Gasteiger partial charge < -0.3 is 0 Å². The molecular weight excluding hydrogens is 304 g/mol. The molecular formula is C12H10BrF2N3. The first-order valence-corrected chi connectivity index (χ1v) is 5.92. The zero-order chi connectivity index (χ0) is 13.1. The van der Waals surface area contributed by atoms with Crippen LogP contribution >= 0.6 is 15.9 Å². The summed E-state index contributed by atoms with van der Waals surface area (Å²) in [5, 5.41) is 0. The van der Waals surface area contributed by atoms with E-state index < -0.39 is 17.7 Å². The molecule has 0 spiro atoms. The average Bonchev–Trinajstić information content (AvgIpc) is 2.35. The molecule has 0 aliphatic carbocycles. The normalized spacial score (nSPS) is 12.4. The van der Waals surface area contributed by atoms with Gasteiger partial charge in [-0.25, -0.2) is 14.2 Å². The van der Waals surface area contributed by atoms with Crippen molar-refractivity contribution in [3.05, 3.63) is 63.9 Å². The molecule has 1 aromatic carbocycles. The van der Waals surface area contributed by atoms with Gasteiger partial charge in [0.2, 0.25) is 0 Å². The van der Waals surface area contributed by atoms with Crippen molar-refractivity contribution in [3.63, 3.8) is 0 Å². The van der Waals surface area contributed by atoms with Crippen molar-refractivity contribution < 1.29 is 8.78 Å². The highest BCUT2D eigenvalue weighted by Crippen LogP contribution is 2.25. The van der Waals surface area contributed by atoms with Crippen molar-refractivity contribution in [1.29, 1.82) is 0 Å². The number of hydrazine groups is 1. The molecule has 3 N–H and O–H groups in total. The molecule has 0 radical (unpaired) electrons. The number of hydrogen-bond acceptors (Lipinski definition) is 3. The molecule has 2 aromatic rings. The quantitative estimate of drug-likeness (QED) is 0.676. The van der Waals surface area contributed by atoms with E-state index in [1.54, 1.807) is 18.5 Å². The molecule has 18 heavy (non-hydrogen) atoms. The van der Waals surface area contributed by atoms with Gasteiger partial charge in [0, 0.05) is 22.4 Å². The summed E-state index contributed by atoms with van der Waals surface area (Å²) in [5.74, 6) is 4.38. The lowest BCUT2D eigenvalue weighted by Crippen LogP contribution is -2.29. The van der Waals surface area contributed by atoms with Crippen LogP contribution in [-0.4, -0.2) is 4.98 Å². The Morgan fingerprint density at radius 1 is 1.22 bits per heavy atom. The highest BCUT2D eigenvalue weighted by atomic mass is 79.9. The summed E-state index contributed by atoms with van der Waals surface area (Å²) in [6, 6.07) is 4.32. The van der Waals surface area contributed by atoms with E-state index in [1.807, 2.05) is 0 Å². The number of nitrogens with one attached hydrogen (secondary N) is 1. The SMILES string of the molecule is NNC(c1cncc(Br)c1)c1cc(F)ccc1F. The molecule has 1 atom stereocenters. The number of halogens is 3. The second kappa shape index (κ2) is 5.51. The van der Waals surface area contributed by atoms with E-state index in [9.17, 15) is 8.78 Å². The van der Waals surface area contributed by atoms with Gasteiger partial charge in [0.25, 0.3) is 0 Å². The minimum Gasteiger partial charge on any atom is -0.271 e. The van der Waals surface area contributed by atoms with Crippen molar-refractivity contribution >= 4 is 15.9 Å². The number of aromatic nitrogens is 1. The van der Waals surface area contributed by atoms with E-state index in [2.05, 4.69) is 26.3 Å². The Balaban J connectivity index is 2.48. The molecule has 0 amide bonds. The minimum atomic E-state index is -0.661. The molecule has 6 heteroatoms.